The van der Waals surface area contributed by atoms with Gasteiger partial charge in [0.25, 0.3) is 0 Å². The Kier molecular flexibility index (Phi) is 7.62. The summed E-state index contributed by atoms with van der Waals surface area (Å²) in [5.41, 5.74) is 1.18. The molecule has 1 atom stereocenters. The van der Waals surface area contributed by atoms with Crippen LogP contribution in [-0.2, 0) is 16.1 Å². The molecule has 0 radical (unpaired) electrons. The van der Waals surface area contributed by atoms with Crippen molar-refractivity contribution >= 4 is 29.1 Å². The highest BCUT2D eigenvalue weighted by molar-refractivity contribution is 6.42. The molecule has 1 amide bonds. The normalized spacial score (nSPS) is 22.3. The second-order valence-electron chi connectivity index (χ2n) is 7.49. The van der Waals surface area contributed by atoms with Gasteiger partial charge in [0, 0.05) is 45.3 Å². The number of halogens is 2. The number of carbonyl (C=O) groups excluding carboxylic acids is 1. The highest BCUT2D eigenvalue weighted by atomic mass is 35.5. The van der Waals surface area contributed by atoms with E-state index in [2.05, 4.69) is 10.2 Å². The van der Waals surface area contributed by atoms with Gasteiger partial charge in [-0.25, -0.2) is 0 Å². The Labute approximate surface area is 166 Å². The quantitative estimate of drug-likeness (QED) is 0.777. The fourth-order valence-electron chi connectivity index (χ4n) is 3.80. The first-order valence-electron chi connectivity index (χ1n) is 9.63. The zero-order valence-electron chi connectivity index (χ0n) is 15.2. The highest BCUT2D eigenvalue weighted by Crippen LogP contribution is 2.24. The maximum Gasteiger partial charge on any atom is 0.220 e. The molecule has 1 aromatic carbocycles. The van der Waals surface area contributed by atoms with Crippen molar-refractivity contribution in [2.75, 3.05) is 26.3 Å². The second-order valence-corrected chi connectivity index (χ2v) is 8.30. The van der Waals surface area contributed by atoms with Gasteiger partial charge in [-0.15, -0.1) is 0 Å². The van der Waals surface area contributed by atoms with Crippen LogP contribution in [0.15, 0.2) is 18.2 Å². The lowest BCUT2D eigenvalue weighted by molar-refractivity contribution is -0.122. The van der Waals surface area contributed by atoms with E-state index in [-0.39, 0.29) is 5.91 Å². The SMILES string of the molecule is O=C(CCC1CCCOC1)NC1CCN(Cc2ccc(Cl)c(Cl)c2)CC1. The van der Waals surface area contributed by atoms with E-state index in [0.29, 0.717) is 28.4 Å². The van der Waals surface area contributed by atoms with Crippen molar-refractivity contribution < 1.29 is 9.53 Å². The van der Waals surface area contributed by atoms with Crippen LogP contribution in [0.2, 0.25) is 10.0 Å². The lowest BCUT2D eigenvalue weighted by Gasteiger charge is -2.32. The molecule has 0 bridgehead atoms. The number of benzene rings is 1. The number of amides is 1. The van der Waals surface area contributed by atoms with Crippen LogP contribution in [0.4, 0.5) is 0 Å². The Morgan fingerprint density at radius 1 is 1.19 bits per heavy atom. The largest absolute Gasteiger partial charge is 0.381 e. The first kappa shape index (κ1) is 19.9. The fourth-order valence-corrected chi connectivity index (χ4v) is 4.12. The average molecular weight is 399 g/mol. The summed E-state index contributed by atoms with van der Waals surface area (Å²) in [7, 11) is 0. The first-order valence-corrected chi connectivity index (χ1v) is 10.4. The van der Waals surface area contributed by atoms with Crippen molar-refractivity contribution in [1.82, 2.24) is 10.2 Å². The molecule has 3 rings (SSSR count). The molecule has 26 heavy (non-hydrogen) atoms. The van der Waals surface area contributed by atoms with Gasteiger partial charge in [-0.1, -0.05) is 29.3 Å². The van der Waals surface area contributed by atoms with E-state index < -0.39 is 0 Å². The van der Waals surface area contributed by atoms with Gasteiger partial charge in [0.05, 0.1) is 10.0 Å². The average Bonchev–Trinajstić information content (AvgIpc) is 2.65. The number of nitrogens with zero attached hydrogens (tertiary/aromatic N) is 1. The number of ether oxygens (including phenoxy) is 1. The summed E-state index contributed by atoms with van der Waals surface area (Å²) < 4.78 is 5.49. The lowest BCUT2D eigenvalue weighted by atomic mass is 9.96. The van der Waals surface area contributed by atoms with Crippen molar-refractivity contribution in [2.24, 2.45) is 5.92 Å². The van der Waals surface area contributed by atoms with Crippen LogP contribution >= 0.6 is 23.2 Å². The van der Waals surface area contributed by atoms with Gasteiger partial charge in [-0.2, -0.15) is 0 Å². The molecular formula is C20H28Cl2N2O2. The Hall–Kier alpha value is -0.810. The third kappa shape index (κ3) is 6.12. The van der Waals surface area contributed by atoms with Crippen LogP contribution in [0, 0.1) is 5.92 Å². The van der Waals surface area contributed by atoms with Crippen molar-refractivity contribution in [3.8, 4) is 0 Å². The van der Waals surface area contributed by atoms with Crippen molar-refractivity contribution in [1.29, 1.82) is 0 Å². The van der Waals surface area contributed by atoms with E-state index in [0.717, 1.165) is 58.5 Å². The standard InChI is InChI=1S/C20H28Cl2N2O2/c21-18-5-3-16(12-19(18)22)13-24-9-7-17(8-10-24)23-20(25)6-4-15-2-1-11-26-14-15/h3,5,12,15,17H,1-2,4,6-11,13-14H2,(H,23,25). The van der Waals surface area contributed by atoms with Crippen LogP contribution in [0.5, 0.6) is 0 Å². The predicted molar refractivity (Wildman–Crippen MR) is 106 cm³/mol. The summed E-state index contributed by atoms with van der Waals surface area (Å²) in [6.07, 6.45) is 5.89. The number of piperidine rings is 1. The number of carbonyl (C=O) groups is 1. The third-order valence-electron chi connectivity index (χ3n) is 5.38. The summed E-state index contributed by atoms with van der Waals surface area (Å²) in [6, 6.07) is 6.11. The van der Waals surface area contributed by atoms with Gasteiger partial charge in [0.15, 0.2) is 0 Å². The number of hydrogen-bond acceptors (Lipinski definition) is 3. The molecule has 2 aliphatic rings. The van der Waals surface area contributed by atoms with E-state index in [1.54, 1.807) is 0 Å². The molecule has 144 valence electrons. The molecule has 6 heteroatoms. The molecule has 4 nitrogen and oxygen atoms in total. The highest BCUT2D eigenvalue weighted by Gasteiger charge is 2.22. The van der Waals surface area contributed by atoms with E-state index >= 15 is 0 Å². The number of likely N-dealkylation sites (tertiary alicyclic amines) is 1. The minimum atomic E-state index is 0.193. The zero-order valence-corrected chi connectivity index (χ0v) is 16.7. The Morgan fingerprint density at radius 2 is 2.00 bits per heavy atom. The topological polar surface area (TPSA) is 41.6 Å². The molecule has 1 N–H and O–H groups in total. The predicted octanol–water partition coefficient (Wildman–Crippen LogP) is 4.28. The van der Waals surface area contributed by atoms with Crippen LogP contribution < -0.4 is 5.32 Å². The molecule has 0 aliphatic carbocycles. The van der Waals surface area contributed by atoms with Gasteiger partial charge in [-0.3, -0.25) is 9.69 Å². The number of hydrogen-bond donors (Lipinski definition) is 1. The molecule has 2 heterocycles. The monoisotopic (exact) mass is 398 g/mol. The zero-order chi connectivity index (χ0) is 18.4. The fraction of sp³-hybridized carbons (Fsp3) is 0.650. The van der Waals surface area contributed by atoms with E-state index in [9.17, 15) is 4.79 Å². The Balaban J connectivity index is 1.35. The van der Waals surface area contributed by atoms with Crippen molar-refractivity contribution in [3.05, 3.63) is 33.8 Å². The van der Waals surface area contributed by atoms with Gasteiger partial charge in [0.2, 0.25) is 5.91 Å². The van der Waals surface area contributed by atoms with Crippen molar-refractivity contribution in [3.63, 3.8) is 0 Å². The Bertz CT molecular complexity index is 597. The summed E-state index contributed by atoms with van der Waals surface area (Å²) in [4.78, 5) is 14.6. The maximum absolute atomic E-state index is 12.2. The Morgan fingerprint density at radius 3 is 2.69 bits per heavy atom. The molecule has 2 fully saturated rings. The minimum Gasteiger partial charge on any atom is -0.381 e. The summed E-state index contributed by atoms with van der Waals surface area (Å²) in [5.74, 6) is 0.751. The third-order valence-corrected chi connectivity index (χ3v) is 6.12. The molecule has 2 aliphatic heterocycles. The van der Waals surface area contributed by atoms with Gasteiger partial charge in [0.1, 0.15) is 0 Å². The smallest absolute Gasteiger partial charge is 0.220 e. The van der Waals surface area contributed by atoms with Crippen LogP contribution in [0.1, 0.15) is 44.1 Å². The molecule has 0 aromatic heterocycles. The van der Waals surface area contributed by atoms with Crippen LogP contribution in [0.25, 0.3) is 0 Å². The van der Waals surface area contributed by atoms with Gasteiger partial charge < -0.3 is 10.1 Å². The van der Waals surface area contributed by atoms with Gasteiger partial charge >= 0.3 is 0 Å². The summed E-state index contributed by atoms with van der Waals surface area (Å²) in [6.45, 7) is 4.55. The summed E-state index contributed by atoms with van der Waals surface area (Å²) >= 11 is 12.1. The second kappa shape index (κ2) is 9.93. The maximum atomic E-state index is 12.2. The molecule has 0 spiro atoms. The van der Waals surface area contributed by atoms with E-state index in [4.69, 9.17) is 27.9 Å². The molecule has 0 saturated carbocycles. The lowest BCUT2D eigenvalue weighted by Crippen LogP contribution is -2.44. The molecule has 1 aromatic rings. The molecule has 2 saturated heterocycles. The van der Waals surface area contributed by atoms with E-state index in [1.165, 1.54) is 12.0 Å². The van der Waals surface area contributed by atoms with E-state index in [1.807, 2.05) is 18.2 Å². The van der Waals surface area contributed by atoms with Crippen LogP contribution in [0.3, 0.4) is 0 Å². The molecular weight excluding hydrogens is 371 g/mol. The van der Waals surface area contributed by atoms with Crippen molar-refractivity contribution in [2.45, 2.75) is 51.1 Å². The number of nitrogens with one attached hydrogen (secondary N) is 1. The minimum absolute atomic E-state index is 0.193. The molecule has 1 unspecified atom stereocenters. The first-order chi connectivity index (χ1) is 12.6. The summed E-state index contributed by atoms with van der Waals surface area (Å²) in [5, 5.41) is 4.41. The number of rotatable bonds is 6. The van der Waals surface area contributed by atoms with Gasteiger partial charge in [-0.05, 0) is 55.7 Å². The van der Waals surface area contributed by atoms with Crippen LogP contribution in [-0.4, -0.2) is 43.2 Å².